The molecule has 2 N–H and O–H groups in total. The van der Waals surface area contributed by atoms with E-state index in [0.29, 0.717) is 35.5 Å². The Kier molecular flexibility index (Phi) is 6.17. The molecule has 0 bridgehead atoms. The van der Waals surface area contributed by atoms with Gasteiger partial charge in [0.15, 0.2) is 0 Å². The minimum Gasteiger partial charge on any atom is -0.507 e. The highest BCUT2D eigenvalue weighted by molar-refractivity contribution is 6.51. The van der Waals surface area contributed by atoms with Gasteiger partial charge in [0.25, 0.3) is 11.7 Å². The van der Waals surface area contributed by atoms with E-state index < -0.39 is 17.7 Å². The van der Waals surface area contributed by atoms with Crippen molar-refractivity contribution in [3.05, 3.63) is 89.0 Å². The third-order valence-electron chi connectivity index (χ3n) is 6.60. The second-order valence-electron chi connectivity index (χ2n) is 9.30. The molecule has 0 spiro atoms. The Balaban J connectivity index is 1.64. The molecule has 0 aromatic heterocycles. The number of benzene rings is 3. The van der Waals surface area contributed by atoms with Gasteiger partial charge >= 0.3 is 0 Å². The number of hydrogen-bond donors (Lipinski definition) is 2. The second kappa shape index (κ2) is 9.46. The summed E-state index contributed by atoms with van der Waals surface area (Å²) in [5.74, 6) is -1.19. The molecule has 8 nitrogen and oxygen atoms in total. The Morgan fingerprint density at radius 3 is 2.38 bits per heavy atom. The summed E-state index contributed by atoms with van der Waals surface area (Å²) in [6.45, 7) is 1.98. The molecule has 2 heterocycles. The van der Waals surface area contributed by atoms with Crippen LogP contribution in [0, 0.1) is 0 Å². The van der Waals surface area contributed by atoms with Gasteiger partial charge in [-0.15, -0.1) is 0 Å². The predicted octanol–water partition coefficient (Wildman–Crippen LogP) is 4.27. The molecule has 0 saturated carbocycles. The van der Waals surface area contributed by atoms with Gasteiger partial charge in [0.1, 0.15) is 11.5 Å². The number of aliphatic hydroxyl groups excluding tert-OH is 1. The van der Waals surface area contributed by atoms with Gasteiger partial charge in [0.05, 0.1) is 18.2 Å². The number of ketones is 1. The molecule has 2 aliphatic heterocycles. The standard InChI is InChI=1S/C29H27N3O5/c1-17(33)30-21-7-11-23(12-8-21)32-26(18-4-9-22(10-5-18)31(2)3)25(28(35)29(32)36)27(34)20-6-13-24-19(16-20)14-15-37-24/h4-13,16,26,34H,14-15H2,1-3H3,(H,30,33)/b27-25-. The topological polar surface area (TPSA) is 99.2 Å². The molecule has 1 fully saturated rings. The van der Waals surface area contributed by atoms with Crippen LogP contribution in [-0.2, 0) is 20.8 Å². The lowest BCUT2D eigenvalue weighted by Gasteiger charge is -2.26. The highest BCUT2D eigenvalue weighted by atomic mass is 16.5. The lowest BCUT2D eigenvalue weighted by atomic mass is 9.94. The number of nitrogens with zero attached hydrogens (tertiary/aromatic N) is 2. The van der Waals surface area contributed by atoms with Gasteiger partial charge < -0.3 is 20.1 Å². The number of fused-ring (bicyclic) bond motifs is 1. The summed E-state index contributed by atoms with van der Waals surface area (Å²) in [5, 5.41) is 14.1. The predicted molar refractivity (Wildman–Crippen MR) is 142 cm³/mol. The monoisotopic (exact) mass is 497 g/mol. The maximum Gasteiger partial charge on any atom is 0.300 e. The third kappa shape index (κ3) is 4.42. The Hall–Kier alpha value is -4.59. The van der Waals surface area contributed by atoms with Gasteiger partial charge in [0.2, 0.25) is 5.91 Å². The van der Waals surface area contributed by atoms with Crippen LogP contribution >= 0.6 is 0 Å². The Labute approximate surface area is 214 Å². The van der Waals surface area contributed by atoms with E-state index >= 15 is 0 Å². The van der Waals surface area contributed by atoms with Crippen LogP contribution in [-0.4, -0.2) is 43.4 Å². The van der Waals surface area contributed by atoms with E-state index in [4.69, 9.17) is 4.74 Å². The largest absolute Gasteiger partial charge is 0.507 e. The first kappa shape index (κ1) is 24.1. The molecule has 5 rings (SSSR count). The number of aliphatic hydroxyl groups is 1. The number of rotatable bonds is 5. The van der Waals surface area contributed by atoms with Crippen LogP contribution in [0.1, 0.15) is 29.7 Å². The van der Waals surface area contributed by atoms with Gasteiger partial charge in [-0.3, -0.25) is 19.3 Å². The van der Waals surface area contributed by atoms with E-state index in [1.165, 1.54) is 11.8 Å². The fraction of sp³-hybridized carbons (Fsp3) is 0.207. The third-order valence-corrected chi connectivity index (χ3v) is 6.60. The normalized spacial score (nSPS) is 17.9. The summed E-state index contributed by atoms with van der Waals surface area (Å²) >= 11 is 0. The number of carbonyl (C=O) groups is 3. The average molecular weight is 498 g/mol. The number of nitrogens with one attached hydrogen (secondary N) is 1. The molecule has 3 aromatic carbocycles. The zero-order chi connectivity index (χ0) is 26.3. The van der Waals surface area contributed by atoms with Crippen molar-refractivity contribution < 1.29 is 24.2 Å². The molecule has 37 heavy (non-hydrogen) atoms. The van der Waals surface area contributed by atoms with Crippen LogP contribution in [0.2, 0.25) is 0 Å². The van der Waals surface area contributed by atoms with Gasteiger partial charge in [-0.2, -0.15) is 0 Å². The Bertz CT molecular complexity index is 1420. The van der Waals surface area contributed by atoms with Crippen molar-refractivity contribution in [3.8, 4) is 5.75 Å². The summed E-state index contributed by atoms with van der Waals surface area (Å²) in [6, 6.07) is 18.6. The number of hydrogen-bond acceptors (Lipinski definition) is 6. The maximum absolute atomic E-state index is 13.4. The fourth-order valence-corrected chi connectivity index (χ4v) is 4.77. The zero-order valence-corrected chi connectivity index (χ0v) is 20.8. The molecule has 188 valence electrons. The second-order valence-corrected chi connectivity index (χ2v) is 9.30. The van der Waals surface area contributed by atoms with Crippen molar-refractivity contribution in [3.63, 3.8) is 0 Å². The quantitative estimate of drug-likeness (QED) is 0.310. The molecule has 8 heteroatoms. The molecule has 1 saturated heterocycles. The van der Waals surface area contributed by atoms with Crippen molar-refractivity contribution in [2.45, 2.75) is 19.4 Å². The summed E-state index contributed by atoms with van der Waals surface area (Å²) in [5.41, 5.74) is 4.10. The van der Waals surface area contributed by atoms with Crippen LogP contribution in [0.15, 0.2) is 72.3 Å². The molecule has 2 amide bonds. The number of Topliss-reactive ketones (excluding diaryl/α,β-unsaturated/α-hetero) is 1. The SMILES string of the molecule is CC(=O)Nc1ccc(N2C(=O)C(=O)/C(=C(\O)c3ccc4c(c3)CCO4)C2c2ccc(N(C)C)cc2)cc1. The molecule has 2 aliphatic rings. The summed E-state index contributed by atoms with van der Waals surface area (Å²) in [4.78, 5) is 41.6. The van der Waals surface area contributed by atoms with Crippen molar-refractivity contribution in [2.75, 3.05) is 35.8 Å². The maximum atomic E-state index is 13.4. The lowest BCUT2D eigenvalue weighted by molar-refractivity contribution is -0.132. The van der Waals surface area contributed by atoms with Crippen molar-refractivity contribution in [1.29, 1.82) is 0 Å². The number of carbonyl (C=O) groups excluding carboxylic acids is 3. The summed E-state index contributed by atoms with van der Waals surface area (Å²) in [7, 11) is 3.85. The number of amides is 2. The summed E-state index contributed by atoms with van der Waals surface area (Å²) < 4.78 is 5.57. The van der Waals surface area contributed by atoms with Crippen LogP contribution < -0.4 is 19.9 Å². The minimum absolute atomic E-state index is 0.0207. The first-order valence-corrected chi connectivity index (χ1v) is 12.0. The summed E-state index contributed by atoms with van der Waals surface area (Å²) in [6.07, 6.45) is 0.709. The van der Waals surface area contributed by atoms with E-state index in [-0.39, 0.29) is 17.2 Å². The molecule has 1 unspecified atom stereocenters. The lowest BCUT2D eigenvalue weighted by Crippen LogP contribution is -2.29. The van der Waals surface area contributed by atoms with Gasteiger partial charge in [-0.25, -0.2) is 0 Å². The Morgan fingerprint density at radius 2 is 1.73 bits per heavy atom. The van der Waals surface area contributed by atoms with Crippen LogP contribution in [0.25, 0.3) is 5.76 Å². The molecule has 3 aromatic rings. The van der Waals surface area contributed by atoms with Crippen LogP contribution in [0.5, 0.6) is 5.75 Å². The van der Waals surface area contributed by atoms with E-state index in [2.05, 4.69) is 5.32 Å². The average Bonchev–Trinajstić information content (AvgIpc) is 3.46. The van der Waals surface area contributed by atoms with Crippen molar-refractivity contribution in [2.24, 2.45) is 0 Å². The molecular weight excluding hydrogens is 470 g/mol. The number of anilines is 3. The van der Waals surface area contributed by atoms with Gasteiger partial charge in [-0.05, 0) is 65.7 Å². The van der Waals surface area contributed by atoms with E-state index in [9.17, 15) is 19.5 Å². The van der Waals surface area contributed by atoms with Crippen LogP contribution in [0.3, 0.4) is 0 Å². The van der Waals surface area contributed by atoms with Crippen molar-refractivity contribution >= 4 is 40.4 Å². The first-order chi connectivity index (χ1) is 17.7. The van der Waals surface area contributed by atoms with E-state index in [0.717, 1.165) is 17.0 Å². The number of ether oxygens (including phenoxy) is 1. The first-order valence-electron chi connectivity index (χ1n) is 12.0. The minimum atomic E-state index is -0.840. The van der Waals surface area contributed by atoms with Gasteiger partial charge in [0, 0.05) is 50.1 Å². The highest BCUT2D eigenvalue weighted by Gasteiger charge is 2.47. The molecular formula is C29H27N3O5. The zero-order valence-electron chi connectivity index (χ0n) is 20.8. The molecule has 1 atom stereocenters. The highest BCUT2D eigenvalue weighted by Crippen LogP contribution is 2.43. The van der Waals surface area contributed by atoms with Gasteiger partial charge in [-0.1, -0.05) is 12.1 Å². The smallest absolute Gasteiger partial charge is 0.300 e. The van der Waals surface area contributed by atoms with E-state index in [1.807, 2.05) is 43.3 Å². The molecule has 0 radical (unpaired) electrons. The molecule has 0 aliphatic carbocycles. The van der Waals surface area contributed by atoms with Crippen molar-refractivity contribution in [1.82, 2.24) is 0 Å². The van der Waals surface area contributed by atoms with Crippen LogP contribution in [0.4, 0.5) is 17.1 Å². The Morgan fingerprint density at radius 1 is 1.03 bits per heavy atom. The van der Waals surface area contributed by atoms with E-state index in [1.54, 1.807) is 42.5 Å². The fourth-order valence-electron chi connectivity index (χ4n) is 4.77.